The van der Waals surface area contributed by atoms with Crippen molar-refractivity contribution in [1.29, 1.82) is 0 Å². The molecule has 2 atom stereocenters. The third-order valence-corrected chi connectivity index (χ3v) is 3.36. The molecular formula is C12H17N3OS. The van der Waals surface area contributed by atoms with Crippen LogP contribution in [0.1, 0.15) is 18.9 Å². The molecule has 92 valence electrons. The van der Waals surface area contributed by atoms with Crippen LogP contribution in [0.15, 0.2) is 18.5 Å². The standard InChI is InChI=1S/C12H17N3OS/c1-8(9-3-5-16-7-9)15-11-6-14-4-2-10(11)12(13)17/h2,4,6,8-9,15H,3,5,7H2,1H3,(H2,13,17). The summed E-state index contributed by atoms with van der Waals surface area (Å²) in [6.45, 7) is 3.82. The first-order valence-electron chi connectivity index (χ1n) is 5.76. The molecule has 0 bridgehead atoms. The van der Waals surface area contributed by atoms with Crippen molar-refractivity contribution in [3.8, 4) is 0 Å². The van der Waals surface area contributed by atoms with Crippen LogP contribution >= 0.6 is 12.2 Å². The van der Waals surface area contributed by atoms with Gasteiger partial charge in [0.05, 0.1) is 18.5 Å². The highest BCUT2D eigenvalue weighted by atomic mass is 32.1. The normalized spacial score (nSPS) is 21.1. The summed E-state index contributed by atoms with van der Waals surface area (Å²) in [5.74, 6) is 0.536. The number of thiocarbonyl (C=S) groups is 1. The van der Waals surface area contributed by atoms with Crippen molar-refractivity contribution in [2.75, 3.05) is 18.5 Å². The minimum Gasteiger partial charge on any atom is -0.389 e. The summed E-state index contributed by atoms with van der Waals surface area (Å²) in [6, 6.07) is 2.16. The number of hydrogen-bond donors (Lipinski definition) is 2. The van der Waals surface area contributed by atoms with Crippen LogP contribution in [0.3, 0.4) is 0 Å². The van der Waals surface area contributed by atoms with Gasteiger partial charge in [0.1, 0.15) is 4.99 Å². The third-order valence-electron chi connectivity index (χ3n) is 3.14. The Bertz CT molecular complexity index is 404. The molecule has 0 saturated carbocycles. The van der Waals surface area contributed by atoms with Gasteiger partial charge in [-0.1, -0.05) is 12.2 Å². The monoisotopic (exact) mass is 251 g/mol. The Balaban J connectivity index is 2.09. The fourth-order valence-corrected chi connectivity index (χ4v) is 2.21. The Labute approximate surface area is 107 Å². The molecule has 0 spiro atoms. The van der Waals surface area contributed by atoms with E-state index in [2.05, 4.69) is 17.2 Å². The van der Waals surface area contributed by atoms with Crippen molar-refractivity contribution in [3.63, 3.8) is 0 Å². The van der Waals surface area contributed by atoms with Gasteiger partial charge in [-0.05, 0) is 19.4 Å². The first-order chi connectivity index (χ1) is 8.18. The number of rotatable bonds is 4. The van der Waals surface area contributed by atoms with Crippen LogP contribution in [0.2, 0.25) is 0 Å². The van der Waals surface area contributed by atoms with Crippen molar-refractivity contribution in [2.24, 2.45) is 11.7 Å². The number of ether oxygens (including phenoxy) is 1. The average Bonchev–Trinajstić information content (AvgIpc) is 2.83. The Kier molecular flexibility index (Phi) is 3.91. The molecule has 4 nitrogen and oxygen atoms in total. The minimum atomic E-state index is 0.329. The quantitative estimate of drug-likeness (QED) is 0.795. The molecule has 3 N–H and O–H groups in total. The summed E-state index contributed by atoms with van der Waals surface area (Å²) in [4.78, 5) is 4.49. The van der Waals surface area contributed by atoms with Crippen LogP contribution in [-0.2, 0) is 4.74 Å². The van der Waals surface area contributed by atoms with E-state index in [4.69, 9.17) is 22.7 Å². The summed E-state index contributed by atoms with van der Waals surface area (Å²) >= 11 is 5.02. The summed E-state index contributed by atoms with van der Waals surface area (Å²) in [5.41, 5.74) is 7.43. The lowest BCUT2D eigenvalue weighted by molar-refractivity contribution is 0.183. The number of nitrogens with zero attached hydrogens (tertiary/aromatic N) is 1. The van der Waals surface area contributed by atoms with Crippen LogP contribution in [-0.4, -0.2) is 29.2 Å². The molecule has 1 aliphatic rings. The van der Waals surface area contributed by atoms with Gasteiger partial charge in [0.2, 0.25) is 0 Å². The van der Waals surface area contributed by atoms with Gasteiger partial charge in [0.15, 0.2) is 0 Å². The Morgan fingerprint density at radius 2 is 2.53 bits per heavy atom. The molecule has 2 rings (SSSR count). The van der Waals surface area contributed by atoms with Gasteiger partial charge in [-0.2, -0.15) is 0 Å². The third kappa shape index (κ3) is 2.92. The lowest BCUT2D eigenvalue weighted by atomic mass is 10.0. The lowest BCUT2D eigenvalue weighted by Crippen LogP contribution is -2.27. The second-order valence-electron chi connectivity index (χ2n) is 4.34. The molecule has 0 aliphatic carbocycles. The van der Waals surface area contributed by atoms with Crippen molar-refractivity contribution >= 4 is 22.9 Å². The van der Waals surface area contributed by atoms with E-state index in [1.54, 1.807) is 12.4 Å². The predicted molar refractivity (Wildman–Crippen MR) is 72.1 cm³/mol. The van der Waals surface area contributed by atoms with Crippen LogP contribution < -0.4 is 11.1 Å². The largest absolute Gasteiger partial charge is 0.389 e. The molecule has 1 saturated heterocycles. The molecule has 5 heteroatoms. The number of aromatic nitrogens is 1. The van der Waals surface area contributed by atoms with Gasteiger partial charge in [0.25, 0.3) is 0 Å². The van der Waals surface area contributed by atoms with Gasteiger partial charge in [0, 0.05) is 30.3 Å². The van der Waals surface area contributed by atoms with E-state index in [1.165, 1.54) is 0 Å². The first kappa shape index (κ1) is 12.3. The number of anilines is 1. The maximum absolute atomic E-state index is 5.68. The van der Waals surface area contributed by atoms with Crippen molar-refractivity contribution < 1.29 is 4.74 Å². The first-order valence-corrected chi connectivity index (χ1v) is 6.17. The average molecular weight is 251 g/mol. The minimum absolute atomic E-state index is 0.329. The molecule has 1 aromatic rings. The van der Waals surface area contributed by atoms with Crippen molar-refractivity contribution in [1.82, 2.24) is 4.98 Å². The van der Waals surface area contributed by atoms with E-state index in [0.29, 0.717) is 16.9 Å². The maximum atomic E-state index is 5.68. The van der Waals surface area contributed by atoms with Crippen molar-refractivity contribution in [3.05, 3.63) is 24.0 Å². The fraction of sp³-hybridized carbons (Fsp3) is 0.500. The Morgan fingerprint density at radius 1 is 1.71 bits per heavy atom. The highest BCUT2D eigenvalue weighted by Gasteiger charge is 2.22. The molecule has 2 heterocycles. The predicted octanol–water partition coefficient (Wildman–Crippen LogP) is 1.55. The SMILES string of the molecule is CC(Nc1cnccc1C(N)=S)C1CCOC1. The Hall–Kier alpha value is -1.20. The van der Waals surface area contributed by atoms with Crippen LogP contribution in [0.4, 0.5) is 5.69 Å². The van der Waals surface area contributed by atoms with Gasteiger partial charge in [-0.3, -0.25) is 4.98 Å². The van der Waals surface area contributed by atoms with E-state index < -0.39 is 0 Å². The van der Waals surface area contributed by atoms with E-state index in [1.807, 2.05) is 6.07 Å². The van der Waals surface area contributed by atoms with Gasteiger partial charge in [-0.25, -0.2) is 0 Å². The van der Waals surface area contributed by atoms with Crippen LogP contribution in [0.5, 0.6) is 0 Å². The second-order valence-corrected chi connectivity index (χ2v) is 4.78. The highest BCUT2D eigenvalue weighted by Crippen LogP contribution is 2.21. The molecule has 0 radical (unpaired) electrons. The zero-order chi connectivity index (χ0) is 12.3. The van der Waals surface area contributed by atoms with Crippen LogP contribution in [0.25, 0.3) is 0 Å². The van der Waals surface area contributed by atoms with E-state index in [-0.39, 0.29) is 0 Å². The molecule has 1 fully saturated rings. The van der Waals surface area contributed by atoms with Gasteiger partial charge in [-0.15, -0.1) is 0 Å². The molecule has 1 aliphatic heterocycles. The Morgan fingerprint density at radius 3 is 3.18 bits per heavy atom. The molecule has 17 heavy (non-hydrogen) atoms. The smallest absolute Gasteiger partial charge is 0.106 e. The highest BCUT2D eigenvalue weighted by molar-refractivity contribution is 7.80. The van der Waals surface area contributed by atoms with E-state index in [9.17, 15) is 0 Å². The van der Waals surface area contributed by atoms with Gasteiger partial charge >= 0.3 is 0 Å². The second kappa shape index (κ2) is 5.42. The molecular weight excluding hydrogens is 234 g/mol. The summed E-state index contributed by atoms with van der Waals surface area (Å²) in [7, 11) is 0. The number of nitrogens with one attached hydrogen (secondary N) is 1. The molecule has 1 aromatic heterocycles. The van der Waals surface area contributed by atoms with Crippen molar-refractivity contribution in [2.45, 2.75) is 19.4 Å². The topological polar surface area (TPSA) is 60.2 Å². The lowest BCUT2D eigenvalue weighted by Gasteiger charge is -2.21. The molecule has 2 unspecified atom stereocenters. The zero-order valence-corrected chi connectivity index (χ0v) is 10.7. The molecule has 0 aromatic carbocycles. The summed E-state index contributed by atoms with van der Waals surface area (Å²) in [5, 5.41) is 3.42. The summed E-state index contributed by atoms with van der Waals surface area (Å²) < 4.78 is 5.39. The zero-order valence-electron chi connectivity index (χ0n) is 9.85. The van der Waals surface area contributed by atoms with Crippen LogP contribution in [0, 0.1) is 5.92 Å². The number of nitrogens with two attached hydrogens (primary N) is 1. The summed E-state index contributed by atoms with van der Waals surface area (Å²) in [6.07, 6.45) is 4.56. The number of pyridine rings is 1. The van der Waals surface area contributed by atoms with E-state index >= 15 is 0 Å². The molecule has 0 amide bonds. The number of hydrogen-bond acceptors (Lipinski definition) is 4. The fourth-order valence-electron chi connectivity index (χ4n) is 2.03. The van der Waals surface area contributed by atoms with Gasteiger partial charge < -0.3 is 15.8 Å². The van der Waals surface area contributed by atoms with E-state index in [0.717, 1.165) is 30.9 Å². The maximum Gasteiger partial charge on any atom is 0.106 e.